The van der Waals surface area contributed by atoms with E-state index in [1.54, 1.807) is 12.4 Å². The first-order valence-corrected chi connectivity index (χ1v) is 9.23. The molecule has 1 amide bonds. The van der Waals surface area contributed by atoms with Crippen LogP contribution in [0.15, 0.2) is 55.1 Å². The molecule has 1 N–H and O–H groups in total. The molecule has 1 saturated heterocycles. The van der Waals surface area contributed by atoms with Gasteiger partial charge in [-0.25, -0.2) is 4.98 Å². The quantitative estimate of drug-likeness (QED) is 0.716. The monoisotopic (exact) mass is 365 g/mol. The predicted octanol–water partition coefficient (Wildman–Crippen LogP) is 1.46. The highest BCUT2D eigenvalue weighted by atomic mass is 16.5. The molecule has 0 aliphatic carbocycles. The largest absolute Gasteiger partial charge is 0.379 e. The Hall–Kier alpha value is -2.77. The minimum absolute atomic E-state index is 0.00587. The van der Waals surface area contributed by atoms with Crippen LogP contribution in [0.1, 0.15) is 17.3 Å². The number of amides is 1. The number of rotatable bonds is 6. The maximum absolute atomic E-state index is 13.0. The van der Waals surface area contributed by atoms with E-state index in [4.69, 9.17) is 4.74 Å². The molecule has 3 aromatic heterocycles. The van der Waals surface area contributed by atoms with Gasteiger partial charge in [-0.05, 0) is 23.8 Å². The Bertz CT molecular complexity index is 857. The normalized spacial score (nSPS) is 16.3. The maximum atomic E-state index is 13.0. The summed E-state index contributed by atoms with van der Waals surface area (Å²) in [6.07, 6.45) is 8.16. The second kappa shape index (κ2) is 8.28. The first-order valence-electron chi connectivity index (χ1n) is 9.23. The fourth-order valence-electron chi connectivity index (χ4n) is 3.42. The molecule has 1 aliphatic rings. The minimum Gasteiger partial charge on any atom is -0.379 e. The molecule has 1 fully saturated rings. The number of pyridine rings is 2. The van der Waals surface area contributed by atoms with Crippen molar-refractivity contribution in [3.63, 3.8) is 0 Å². The van der Waals surface area contributed by atoms with Crippen molar-refractivity contribution in [2.75, 3.05) is 32.8 Å². The highest BCUT2D eigenvalue weighted by Crippen LogP contribution is 2.21. The summed E-state index contributed by atoms with van der Waals surface area (Å²) in [4.78, 5) is 23.9. The second-order valence-corrected chi connectivity index (χ2v) is 6.58. The molecule has 7 nitrogen and oxygen atoms in total. The number of nitrogens with one attached hydrogen (secondary N) is 1. The van der Waals surface area contributed by atoms with Crippen LogP contribution in [0.3, 0.4) is 0 Å². The van der Waals surface area contributed by atoms with Crippen LogP contribution in [0.4, 0.5) is 0 Å². The molecule has 4 heterocycles. The van der Waals surface area contributed by atoms with Crippen molar-refractivity contribution in [3.8, 4) is 0 Å². The third kappa shape index (κ3) is 4.15. The summed E-state index contributed by atoms with van der Waals surface area (Å²) in [5.74, 6) is -0.00587. The summed E-state index contributed by atoms with van der Waals surface area (Å²) in [5.41, 5.74) is 2.79. The first kappa shape index (κ1) is 17.6. The van der Waals surface area contributed by atoms with Gasteiger partial charge in [-0.15, -0.1) is 0 Å². The summed E-state index contributed by atoms with van der Waals surface area (Å²) in [6.45, 7) is 3.30. The molecule has 0 bridgehead atoms. The standard InChI is InChI=1S/C20H23N5O2/c26-20(22-8-6-17-15-25-9-2-1-5-18(25)23-17)19(16-4-3-7-21-14-16)24-10-12-27-13-11-24/h1-5,7,9,14-15,19H,6,8,10-13H2,(H,22,26)/t19-/m0/s1. The zero-order chi connectivity index (χ0) is 18.5. The zero-order valence-electron chi connectivity index (χ0n) is 15.1. The van der Waals surface area contributed by atoms with Crippen molar-refractivity contribution in [2.45, 2.75) is 12.5 Å². The molecule has 0 unspecified atom stereocenters. The number of carbonyl (C=O) groups is 1. The summed E-state index contributed by atoms with van der Waals surface area (Å²) in [5, 5.41) is 3.07. The van der Waals surface area contributed by atoms with Crippen molar-refractivity contribution >= 4 is 11.6 Å². The van der Waals surface area contributed by atoms with Crippen LogP contribution >= 0.6 is 0 Å². The smallest absolute Gasteiger partial charge is 0.242 e. The molecule has 140 valence electrons. The zero-order valence-corrected chi connectivity index (χ0v) is 15.1. The Morgan fingerprint density at radius 3 is 2.89 bits per heavy atom. The van der Waals surface area contributed by atoms with E-state index in [9.17, 15) is 4.79 Å². The van der Waals surface area contributed by atoms with Gasteiger partial charge in [-0.1, -0.05) is 12.1 Å². The van der Waals surface area contributed by atoms with Crippen molar-refractivity contribution in [3.05, 3.63) is 66.4 Å². The number of imidazole rings is 1. The van der Waals surface area contributed by atoms with Crippen LogP contribution in [-0.2, 0) is 16.0 Å². The number of ether oxygens (including phenoxy) is 1. The lowest BCUT2D eigenvalue weighted by atomic mass is 10.1. The predicted molar refractivity (Wildman–Crippen MR) is 101 cm³/mol. The summed E-state index contributed by atoms with van der Waals surface area (Å²) in [7, 11) is 0. The van der Waals surface area contributed by atoms with E-state index < -0.39 is 0 Å². The van der Waals surface area contributed by atoms with E-state index in [-0.39, 0.29) is 11.9 Å². The van der Waals surface area contributed by atoms with Crippen LogP contribution in [0.5, 0.6) is 0 Å². The second-order valence-electron chi connectivity index (χ2n) is 6.58. The van der Waals surface area contributed by atoms with E-state index in [2.05, 4.69) is 20.2 Å². The van der Waals surface area contributed by atoms with Crippen LogP contribution in [0.25, 0.3) is 5.65 Å². The van der Waals surface area contributed by atoms with Gasteiger partial charge in [-0.2, -0.15) is 0 Å². The lowest BCUT2D eigenvalue weighted by Gasteiger charge is -2.33. The van der Waals surface area contributed by atoms with E-state index in [1.807, 2.05) is 47.1 Å². The van der Waals surface area contributed by atoms with E-state index in [0.717, 1.165) is 30.0 Å². The lowest BCUT2D eigenvalue weighted by molar-refractivity contribution is -0.128. The number of morpholine rings is 1. The summed E-state index contributed by atoms with van der Waals surface area (Å²) in [6, 6.07) is 9.39. The number of hydrogen-bond donors (Lipinski definition) is 1. The first-order chi connectivity index (χ1) is 13.3. The van der Waals surface area contributed by atoms with E-state index >= 15 is 0 Å². The molecule has 0 saturated carbocycles. The molecule has 0 radical (unpaired) electrons. The van der Waals surface area contributed by atoms with Gasteiger partial charge >= 0.3 is 0 Å². The van der Waals surface area contributed by atoms with Gasteiger partial charge < -0.3 is 14.5 Å². The van der Waals surface area contributed by atoms with Gasteiger partial charge in [0.1, 0.15) is 11.7 Å². The average molecular weight is 365 g/mol. The van der Waals surface area contributed by atoms with Gasteiger partial charge in [0.15, 0.2) is 0 Å². The van der Waals surface area contributed by atoms with Gasteiger partial charge in [0.25, 0.3) is 0 Å². The maximum Gasteiger partial charge on any atom is 0.242 e. The van der Waals surface area contributed by atoms with Crippen LogP contribution < -0.4 is 5.32 Å². The molecule has 0 aromatic carbocycles. The summed E-state index contributed by atoms with van der Waals surface area (Å²) < 4.78 is 7.42. The van der Waals surface area contributed by atoms with Crippen LogP contribution in [0, 0.1) is 0 Å². The van der Waals surface area contributed by atoms with E-state index in [1.165, 1.54) is 0 Å². The fourth-order valence-corrected chi connectivity index (χ4v) is 3.42. The Balaban J connectivity index is 1.41. The molecule has 7 heteroatoms. The van der Waals surface area contributed by atoms with Crippen molar-refractivity contribution in [1.29, 1.82) is 0 Å². The molecular weight excluding hydrogens is 342 g/mol. The fraction of sp³-hybridized carbons (Fsp3) is 0.350. The number of aromatic nitrogens is 3. The highest BCUT2D eigenvalue weighted by Gasteiger charge is 2.29. The topological polar surface area (TPSA) is 71.8 Å². The van der Waals surface area contributed by atoms with Crippen LogP contribution in [0.2, 0.25) is 0 Å². The van der Waals surface area contributed by atoms with Gasteiger partial charge in [0.05, 0.1) is 18.9 Å². The molecule has 27 heavy (non-hydrogen) atoms. The van der Waals surface area contributed by atoms with E-state index in [0.29, 0.717) is 26.2 Å². The Labute approximate surface area is 158 Å². The summed E-state index contributed by atoms with van der Waals surface area (Å²) >= 11 is 0. The van der Waals surface area contributed by atoms with Gasteiger partial charge in [0.2, 0.25) is 5.91 Å². The number of carbonyl (C=O) groups excluding carboxylic acids is 1. The highest BCUT2D eigenvalue weighted by molar-refractivity contribution is 5.83. The number of fused-ring (bicyclic) bond motifs is 1. The molecule has 4 rings (SSSR count). The van der Waals surface area contributed by atoms with Crippen molar-refractivity contribution in [2.24, 2.45) is 0 Å². The number of nitrogens with zero attached hydrogens (tertiary/aromatic N) is 4. The lowest BCUT2D eigenvalue weighted by Crippen LogP contribution is -2.46. The van der Waals surface area contributed by atoms with Crippen molar-refractivity contribution < 1.29 is 9.53 Å². The SMILES string of the molecule is O=C(NCCc1cn2ccccc2n1)[C@H](c1cccnc1)N1CCOCC1. The molecule has 1 atom stereocenters. The Kier molecular flexibility index (Phi) is 5.41. The van der Waals surface area contributed by atoms with Gasteiger partial charge in [-0.3, -0.25) is 14.7 Å². The molecule has 3 aromatic rings. The Morgan fingerprint density at radius 2 is 2.11 bits per heavy atom. The van der Waals surface area contributed by atoms with Gasteiger partial charge in [0, 0.05) is 50.8 Å². The molecular formula is C20H23N5O2. The minimum atomic E-state index is -0.344. The third-order valence-electron chi connectivity index (χ3n) is 4.75. The number of hydrogen-bond acceptors (Lipinski definition) is 5. The average Bonchev–Trinajstić information content (AvgIpc) is 3.13. The molecule has 1 aliphatic heterocycles. The van der Waals surface area contributed by atoms with Crippen LogP contribution in [-0.4, -0.2) is 58.0 Å². The Morgan fingerprint density at radius 1 is 1.22 bits per heavy atom. The molecule has 0 spiro atoms. The van der Waals surface area contributed by atoms with Crippen molar-refractivity contribution in [1.82, 2.24) is 24.6 Å². The third-order valence-corrected chi connectivity index (χ3v) is 4.75.